The molecule has 0 aliphatic rings. The maximum absolute atomic E-state index is 13.8. The molecule has 2 aromatic rings. The molecule has 0 aliphatic heterocycles. The van der Waals surface area contributed by atoms with Gasteiger partial charge >= 0.3 is 0 Å². The zero-order valence-electron chi connectivity index (χ0n) is 11.1. The number of nitrogens with one attached hydrogen (secondary N) is 1. The smallest absolute Gasteiger partial charge is 0.267 e. The largest absolute Gasteiger partial charge is 0.276 e. The molecule has 0 aromatic heterocycles. The Morgan fingerprint density at radius 3 is 1.91 bits per heavy atom. The molecule has 0 spiro atoms. The monoisotopic (exact) mass is 366 g/mol. The highest BCUT2D eigenvalue weighted by Crippen LogP contribution is 2.24. The molecule has 2 rings (SSSR count). The van der Waals surface area contributed by atoms with Crippen LogP contribution in [0.1, 0.15) is 0 Å². The molecule has 0 unspecified atom stereocenters. The van der Waals surface area contributed by atoms with E-state index in [0.29, 0.717) is 6.07 Å². The summed E-state index contributed by atoms with van der Waals surface area (Å²) >= 11 is 0. The van der Waals surface area contributed by atoms with Gasteiger partial charge in [-0.05, 0) is 30.3 Å². The van der Waals surface area contributed by atoms with Crippen molar-refractivity contribution >= 4 is 25.7 Å². The van der Waals surface area contributed by atoms with Crippen LogP contribution in [0.2, 0.25) is 0 Å². The first-order chi connectivity index (χ1) is 10.5. The Morgan fingerprint density at radius 1 is 0.870 bits per heavy atom. The predicted octanol–water partition coefficient (Wildman–Crippen LogP) is 1.55. The maximum atomic E-state index is 13.8. The molecule has 2 aromatic carbocycles. The Hall–Kier alpha value is -2.11. The van der Waals surface area contributed by atoms with Crippen molar-refractivity contribution in [3.8, 4) is 0 Å². The van der Waals surface area contributed by atoms with Crippen LogP contribution < -0.4 is 9.86 Å². The van der Waals surface area contributed by atoms with Gasteiger partial charge in [-0.1, -0.05) is 6.07 Å². The molecule has 124 valence electrons. The highest BCUT2D eigenvalue weighted by atomic mass is 32.2. The van der Waals surface area contributed by atoms with E-state index in [-0.39, 0.29) is 0 Å². The number of benzene rings is 2. The third-order valence-electron chi connectivity index (χ3n) is 2.70. The highest BCUT2D eigenvalue weighted by Gasteiger charge is 2.25. The SMILES string of the molecule is NS(=O)(=O)c1ccc(NS(=O)(=O)c2c(F)cccc2F)c(F)c1. The summed E-state index contributed by atoms with van der Waals surface area (Å²) < 4.78 is 88.6. The molecule has 6 nitrogen and oxygen atoms in total. The zero-order chi connectivity index (χ0) is 17.4. The summed E-state index contributed by atoms with van der Waals surface area (Å²) in [6, 6.07) is 4.49. The molecule has 3 N–H and O–H groups in total. The van der Waals surface area contributed by atoms with E-state index in [1.54, 1.807) is 4.72 Å². The summed E-state index contributed by atoms with van der Waals surface area (Å²) in [7, 11) is -8.95. The average Bonchev–Trinajstić information content (AvgIpc) is 2.39. The lowest BCUT2D eigenvalue weighted by molar-refractivity contribution is 0.521. The fourth-order valence-electron chi connectivity index (χ4n) is 1.69. The molecule has 0 saturated heterocycles. The van der Waals surface area contributed by atoms with Crippen LogP contribution in [0.25, 0.3) is 0 Å². The Labute approximate surface area is 129 Å². The molecule has 0 amide bonds. The Balaban J connectivity index is 2.47. The molecule has 0 aliphatic carbocycles. The average molecular weight is 366 g/mol. The summed E-state index contributed by atoms with van der Waals surface area (Å²) in [5, 5.41) is 4.80. The van der Waals surface area contributed by atoms with Crippen LogP contribution in [0.5, 0.6) is 0 Å². The van der Waals surface area contributed by atoms with Crippen LogP contribution in [-0.2, 0) is 20.0 Å². The van der Waals surface area contributed by atoms with Crippen molar-refractivity contribution in [1.82, 2.24) is 0 Å². The summed E-state index contributed by atoms with van der Waals surface area (Å²) in [6.07, 6.45) is 0. The lowest BCUT2D eigenvalue weighted by Crippen LogP contribution is -2.18. The van der Waals surface area contributed by atoms with Crippen molar-refractivity contribution in [2.24, 2.45) is 5.14 Å². The van der Waals surface area contributed by atoms with Crippen LogP contribution in [0, 0.1) is 17.5 Å². The minimum Gasteiger partial charge on any atom is -0.276 e. The number of hydrogen-bond donors (Lipinski definition) is 2. The minimum absolute atomic E-state index is 0.477. The third kappa shape index (κ3) is 3.63. The van der Waals surface area contributed by atoms with Crippen LogP contribution in [0.15, 0.2) is 46.2 Å². The van der Waals surface area contributed by atoms with E-state index in [2.05, 4.69) is 0 Å². The van der Waals surface area contributed by atoms with Crippen LogP contribution in [0.4, 0.5) is 18.9 Å². The summed E-state index contributed by atoms with van der Waals surface area (Å²) in [5.41, 5.74) is -0.694. The van der Waals surface area contributed by atoms with Crippen molar-refractivity contribution in [3.05, 3.63) is 53.8 Å². The van der Waals surface area contributed by atoms with Crippen LogP contribution in [-0.4, -0.2) is 16.8 Å². The molecule has 0 atom stereocenters. The van der Waals surface area contributed by atoms with Crippen molar-refractivity contribution in [2.45, 2.75) is 9.79 Å². The van der Waals surface area contributed by atoms with Gasteiger partial charge < -0.3 is 0 Å². The van der Waals surface area contributed by atoms with Crippen molar-refractivity contribution in [2.75, 3.05) is 4.72 Å². The zero-order valence-corrected chi connectivity index (χ0v) is 12.8. The van der Waals surface area contributed by atoms with E-state index in [9.17, 15) is 30.0 Å². The van der Waals surface area contributed by atoms with Gasteiger partial charge in [0.2, 0.25) is 10.0 Å². The fourth-order valence-corrected chi connectivity index (χ4v) is 3.42. The number of halogens is 3. The fraction of sp³-hybridized carbons (Fsp3) is 0. The number of primary sulfonamides is 1. The molecule has 23 heavy (non-hydrogen) atoms. The lowest BCUT2D eigenvalue weighted by atomic mass is 10.3. The van der Waals surface area contributed by atoms with Gasteiger partial charge in [0.05, 0.1) is 10.6 Å². The van der Waals surface area contributed by atoms with Gasteiger partial charge in [0.25, 0.3) is 10.0 Å². The van der Waals surface area contributed by atoms with Gasteiger partial charge in [-0.2, -0.15) is 0 Å². The molecular formula is C12H9F3N2O4S2. The van der Waals surface area contributed by atoms with Crippen LogP contribution >= 0.6 is 0 Å². The second-order valence-corrected chi connectivity index (χ2v) is 7.52. The molecule has 0 bridgehead atoms. The summed E-state index contributed by atoms with van der Waals surface area (Å²) in [5.74, 6) is -4.00. The van der Waals surface area contributed by atoms with Crippen molar-refractivity contribution in [1.29, 1.82) is 0 Å². The van der Waals surface area contributed by atoms with E-state index >= 15 is 0 Å². The van der Waals surface area contributed by atoms with E-state index < -0.39 is 53.0 Å². The summed E-state index contributed by atoms with van der Waals surface area (Å²) in [4.78, 5) is -1.87. The number of rotatable bonds is 4. The van der Waals surface area contributed by atoms with E-state index in [1.165, 1.54) is 0 Å². The van der Waals surface area contributed by atoms with Gasteiger partial charge in [-0.15, -0.1) is 0 Å². The molecule has 0 saturated carbocycles. The lowest BCUT2D eigenvalue weighted by Gasteiger charge is -2.11. The van der Waals surface area contributed by atoms with Crippen molar-refractivity contribution in [3.63, 3.8) is 0 Å². The first-order valence-corrected chi connectivity index (χ1v) is 8.84. The van der Waals surface area contributed by atoms with E-state index in [4.69, 9.17) is 5.14 Å². The summed E-state index contributed by atoms with van der Waals surface area (Å²) in [6.45, 7) is 0. The number of hydrogen-bond acceptors (Lipinski definition) is 4. The molecule has 11 heteroatoms. The highest BCUT2D eigenvalue weighted by molar-refractivity contribution is 7.92. The van der Waals surface area contributed by atoms with E-state index in [1.807, 2.05) is 0 Å². The Kier molecular flexibility index (Phi) is 4.37. The number of sulfonamides is 2. The van der Waals surface area contributed by atoms with Gasteiger partial charge in [-0.25, -0.2) is 35.1 Å². The molecule has 0 radical (unpaired) electrons. The Morgan fingerprint density at radius 2 is 1.43 bits per heavy atom. The molecule has 0 heterocycles. The third-order valence-corrected chi connectivity index (χ3v) is 5.03. The topological polar surface area (TPSA) is 106 Å². The van der Waals surface area contributed by atoms with Gasteiger partial charge in [0.1, 0.15) is 17.5 Å². The van der Waals surface area contributed by atoms with E-state index in [0.717, 1.165) is 30.3 Å². The maximum Gasteiger partial charge on any atom is 0.267 e. The predicted molar refractivity (Wildman–Crippen MR) is 74.9 cm³/mol. The minimum atomic E-state index is -4.77. The van der Waals surface area contributed by atoms with Crippen LogP contribution in [0.3, 0.4) is 0 Å². The normalized spacial score (nSPS) is 12.2. The van der Waals surface area contributed by atoms with Gasteiger partial charge in [-0.3, -0.25) is 4.72 Å². The second-order valence-electron chi connectivity index (χ2n) is 4.34. The Bertz CT molecular complexity index is 956. The first-order valence-electron chi connectivity index (χ1n) is 5.81. The second kappa shape index (κ2) is 5.83. The van der Waals surface area contributed by atoms with Crippen molar-refractivity contribution < 1.29 is 30.0 Å². The standard InChI is InChI=1S/C12H9F3N2O4S2/c13-8-2-1-3-9(14)12(8)23(20,21)17-11-5-4-7(6-10(11)15)22(16,18)19/h1-6,17H,(H2,16,18,19). The molecule has 0 fully saturated rings. The van der Waals surface area contributed by atoms with Gasteiger partial charge in [0, 0.05) is 0 Å². The molecular weight excluding hydrogens is 357 g/mol. The quantitative estimate of drug-likeness (QED) is 0.856. The number of nitrogens with two attached hydrogens (primary N) is 1. The first kappa shape index (κ1) is 17.2. The number of anilines is 1. The van der Waals surface area contributed by atoms with Gasteiger partial charge in [0.15, 0.2) is 4.90 Å².